The van der Waals surface area contributed by atoms with Crippen LogP contribution in [0.4, 0.5) is 0 Å². The van der Waals surface area contributed by atoms with Crippen LogP contribution in [0.3, 0.4) is 0 Å². The quantitative estimate of drug-likeness (QED) is 0.595. The molecule has 2 atom stereocenters. The number of hydrogen-bond acceptors (Lipinski definition) is 4. The predicted octanol–water partition coefficient (Wildman–Crippen LogP) is 4.07. The molecule has 1 saturated carbocycles. The Hall–Kier alpha value is -2.99. The summed E-state index contributed by atoms with van der Waals surface area (Å²) in [5.74, 6) is -0.735. The zero-order valence-corrected chi connectivity index (χ0v) is 18.4. The molecule has 0 saturated heterocycles. The lowest BCUT2D eigenvalue weighted by molar-refractivity contribution is -0.131. The van der Waals surface area contributed by atoms with Gasteiger partial charge in [-0.2, -0.15) is 0 Å². The summed E-state index contributed by atoms with van der Waals surface area (Å²) in [5, 5.41) is 0.324. The van der Waals surface area contributed by atoms with Crippen molar-refractivity contribution in [3.05, 3.63) is 70.5 Å². The molecule has 31 heavy (non-hydrogen) atoms. The molecular weight excluding hydrogens is 412 g/mol. The summed E-state index contributed by atoms with van der Waals surface area (Å²) < 4.78 is 0. The second kappa shape index (κ2) is 6.50. The van der Waals surface area contributed by atoms with Crippen molar-refractivity contribution in [2.45, 2.75) is 44.4 Å². The highest BCUT2D eigenvalue weighted by molar-refractivity contribution is 6.33. The van der Waals surface area contributed by atoms with E-state index < -0.39 is 16.7 Å². The largest absolute Gasteiger partial charge is 0.272 e. The van der Waals surface area contributed by atoms with Gasteiger partial charge >= 0.3 is 0 Å². The Labute approximate surface area is 185 Å². The number of halogens is 1. The van der Waals surface area contributed by atoms with Crippen molar-refractivity contribution in [1.82, 2.24) is 20.8 Å². The van der Waals surface area contributed by atoms with Crippen LogP contribution in [0.1, 0.15) is 55.4 Å². The third-order valence-corrected chi connectivity index (χ3v) is 8.07. The van der Waals surface area contributed by atoms with Crippen LogP contribution in [0, 0.1) is 5.41 Å². The number of hydrazine groups is 1. The van der Waals surface area contributed by atoms with Gasteiger partial charge in [-0.1, -0.05) is 56.6 Å². The highest BCUT2D eigenvalue weighted by Crippen LogP contribution is 2.70. The molecule has 1 fully saturated rings. The lowest BCUT2D eigenvalue weighted by Gasteiger charge is -2.39. The summed E-state index contributed by atoms with van der Waals surface area (Å²) in [7, 11) is 0. The van der Waals surface area contributed by atoms with Gasteiger partial charge < -0.3 is 0 Å². The molecule has 0 spiro atoms. The Kier molecular flexibility index (Phi) is 4.18. The molecule has 1 heterocycles. The zero-order valence-electron chi connectivity index (χ0n) is 17.6. The molecule has 158 valence electrons. The van der Waals surface area contributed by atoms with Crippen LogP contribution in [0.2, 0.25) is 5.02 Å². The third-order valence-electron chi connectivity index (χ3n) is 7.74. The summed E-state index contributed by atoms with van der Waals surface area (Å²) in [5.41, 5.74) is 7.09. The fraction of sp³-hybridized carbons (Fsp3) is 0.333. The SMILES string of the molecule is CC12CCC(C(=O)NNC(=O)c3ccccc3Cl)(c3nc4ccccc4nc31)C2(C)C. The molecule has 0 radical (unpaired) electrons. The maximum absolute atomic E-state index is 13.7. The van der Waals surface area contributed by atoms with E-state index in [0.717, 1.165) is 28.8 Å². The van der Waals surface area contributed by atoms with Crippen LogP contribution >= 0.6 is 11.6 Å². The minimum absolute atomic E-state index is 0.273. The summed E-state index contributed by atoms with van der Waals surface area (Å²) in [6.07, 6.45) is 1.47. The van der Waals surface area contributed by atoms with Crippen molar-refractivity contribution in [3.63, 3.8) is 0 Å². The number of fused-ring (bicyclic) bond motifs is 6. The maximum Gasteiger partial charge on any atom is 0.271 e. The monoisotopic (exact) mass is 434 g/mol. The minimum atomic E-state index is -0.887. The van der Waals surface area contributed by atoms with Crippen molar-refractivity contribution < 1.29 is 9.59 Å². The number of nitrogens with one attached hydrogen (secondary N) is 2. The number of nitrogens with zero attached hydrogens (tertiary/aromatic N) is 2. The highest BCUT2D eigenvalue weighted by Gasteiger charge is 2.73. The molecule has 6 nitrogen and oxygen atoms in total. The number of para-hydroxylation sites is 2. The van der Waals surface area contributed by atoms with E-state index in [-0.39, 0.29) is 11.3 Å². The van der Waals surface area contributed by atoms with E-state index in [0.29, 0.717) is 17.0 Å². The number of carbonyl (C=O) groups excluding carboxylic acids is 2. The number of amides is 2. The van der Waals surface area contributed by atoms with Crippen LogP contribution in [-0.2, 0) is 15.6 Å². The van der Waals surface area contributed by atoms with Gasteiger partial charge in [-0.15, -0.1) is 0 Å². The fourth-order valence-corrected chi connectivity index (χ4v) is 5.70. The van der Waals surface area contributed by atoms with Crippen LogP contribution in [-0.4, -0.2) is 21.8 Å². The highest BCUT2D eigenvalue weighted by atomic mass is 35.5. The lowest BCUT2D eigenvalue weighted by Crippen LogP contribution is -2.55. The van der Waals surface area contributed by atoms with Gasteiger partial charge in [0.15, 0.2) is 0 Å². The maximum atomic E-state index is 13.7. The fourth-order valence-electron chi connectivity index (χ4n) is 5.48. The Morgan fingerprint density at radius 3 is 2.16 bits per heavy atom. The summed E-state index contributed by atoms with van der Waals surface area (Å²) in [6, 6.07) is 14.4. The van der Waals surface area contributed by atoms with Gasteiger partial charge in [0.2, 0.25) is 0 Å². The van der Waals surface area contributed by atoms with Crippen molar-refractivity contribution >= 4 is 34.4 Å². The van der Waals surface area contributed by atoms with Gasteiger partial charge in [0, 0.05) is 5.41 Å². The summed E-state index contributed by atoms with van der Waals surface area (Å²) in [6.45, 7) is 6.37. The Morgan fingerprint density at radius 1 is 0.871 bits per heavy atom. The molecule has 2 aromatic carbocycles. The van der Waals surface area contributed by atoms with Crippen molar-refractivity contribution in [1.29, 1.82) is 0 Å². The van der Waals surface area contributed by atoms with E-state index in [1.165, 1.54) is 0 Å². The predicted molar refractivity (Wildman–Crippen MR) is 119 cm³/mol. The van der Waals surface area contributed by atoms with E-state index in [4.69, 9.17) is 21.6 Å². The van der Waals surface area contributed by atoms with Crippen molar-refractivity contribution in [2.75, 3.05) is 0 Å². The van der Waals surface area contributed by atoms with Crippen molar-refractivity contribution in [3.8, 4) is 0 Å². The molecule has 2 amide bonds. The first-order valence-electron chi connectivity index (χ1n) is 10.4. The van der Waals surface area contributed by atoms with E-state index in [9.17, 15) is 9.59 Å². The second-order valence-corrected chi connectivity index (χ2v) is 9.57. The molecule has 2 bridgehead atoms. The number of rotatable bonds is 2. The number of aromatic nitrogens is 2. The minimum Gasteiger partial charge on any atom is -0.272 e. The molecule has 2 aliphatic rings. The lowest BCUT2D eigenvalue weighted by atomic mass is 9.63. The average molecular weight is 435 g/mol. The first kappa shape index (κ1) is 19.9. The summed E-state index contributed by atoms with van der Waals surface area (Å²) in [4.78, 5) is 36.1. The van der Waals surface area contributed by atoms with Gasteiger partial charge in [-0.25, -0.2) is 9.97 Å². The molecule has 2 aliphatic carbocycles. The third kappa shape index (κ3) is 2.45. The smallest absolute Gasteiger partial charge is 0.271 e. The van der Waals surface area contributed by atoms with Gasteiger partial charge in [-0.3, -0.25) is 20.4 Å². The van der Waals surface area contributed by atoms with E-state index >= 15 is 0 Å². The van der Waals surface area contributed by atoms with Crippen LogP contribution in [0.25, 0.3) is 11.0 Å². The Balaban J connectivity index is 1.54. The van der Waals surface area contributed by atoms with Gasteiger partial charge in [0.1, 0.15) is 5.41 Å². The molecule has 1 aromatic heterocycles. The zero-order chi connectivity index (χ0) is 22.0. The number of carbonyl (C=O) groups is 2. The average Bonchev–Trinajstić information content (AvgIpc) is 3.06. The Bertz CT molecular complexity index is 1260. The normalized spacial score (nSPS) is 25.3. The van der Waals surface area contributed by atoms with Crippen molar-refractivity contribution in [2.24, 2.45) is 5.41 Å². The van der Waals surface area contributed by atoms with E-state index in [1.54, 1.807) is 24.3 Å². The standard InChI is InChI=1S/C24H23ClN4O2/c1-22(2)23(3)12-13-24(22,19-18(23)26-16-10-6-7-11-17(16)27-19)21(31)29-28-20(30)14-8-4-5-9-15(14)25/h4-11H,12-13H2,1-3H3,(H,28,30)(H,29,31). The number of hydrogen-bond donors (Lipinski definition) is 2. The molecule has 3 aromatic rings. The van der Waals surface area contributed by atoms with Gasteiger partial charge in [0.25, 0.3) is 11.8 Å². The van der Waals surface area contributed by atoms with Gasteiger partial charge in [0.05, 0.1) is 33.0 Å². The van der Waals surface area contributed by atoms with E-state index in [2.05, 4.69) is 31.6 Å². The van der Waals surface area contributed by atoms with Gasteiger partial charge in [-0.05, 0) is 42.5 Å². The second-order valence-electron chi connectivity index (χ2n) is 9.16. The molecule has 7 heteroatoms. The molecule has 0 aliphatic heterocycles. The first-order chi connectivity index (χ1) is 14.7. The van der Waals surface area contributed by atoms with Crippen LogP contribution < -0.4 is 10.9 Å². The van der Waals surface area contributed by atoms with Crippen LogP contribution in [0.5, 0.6) is 0 Å². The summed E-state index contributed by atoms with van der Waals surface area (Å²) >= 11 is 6.12. The first-order valence-corrected chi connectivity index (χ1v) is 10.7. The molecule has 2 N–H and O–H groups in total. The molecule has 2 unspecified atom stereocenters. The molecular formula is C24H23ClN4O2. The van der Waals surface area contributed by atoms with E-state index in [1.807, 2.05) is 24.3 Å². The Morgan fingerprint density at radius 2 is 1.48 bits per heavy atom. The number of benzene rings is 2. The van der Waals surface area contributed by atoms with Crippen LogP contribution in [0.15, 0.2) is 48.5 Å². The molecule has 5 rings (SSSR count). The topological polar surface area (TPSA) is 84.0 Å².